The molecule has 0 nitrogen and oxygen atoms in total. The summed E-state index contributed by atoms with van der Waals surface area (Å²) >= 11 is 0. The average Bonchev–Trinajstić information content (AvgIpc) is 2.45. The molecule has 0 amide bonds. The summed E-state index contributed by atoms with van der Waals surface area (Å²) in [4.78, 5) is 0. The van der Waals surface area contributed by atoms with Crippen molar-refractivity contribution in [2.75, 3.05) is 0 Å². The second-order valence-corrected chi connectivity index (χ2v) is 3.58. The lowest BCUT2D eigenvalue weighted by atomic mass is 10.1. The number of alkyl halides is 1. The fraction of sp³-hybridized carbons (Fsp3) is 1.00. The zero-order valence-corrected chi connectivity index (χ0v) is 6.28. The van der Waals surface area contributed by atoms with Gasteiger partial charge in [-0.3, -0.25) is 0 Å². The van der Waals surface area contributed by atoms with Crippen molar-refractivity contribution >= 4 is 0 Å². The number of halogens is 1. The van der Waals surface area contributed by atoms with Crippen molar-refractivity contribution in [3.05, 3.63) is 0 Å². The van der Waals surface area contributed by atoms with Gasteiger partial charge in [0, 0.05) is 0 Å². The van der Waals surface area contributed by atoms with Crippen LogP contribution in [-0.4, -0.2) is 5.67 Å². The van der Waals surface area contributed by atoms with Crippen LogP contribution < -0.4 is 0 Å². The Morgan fingerprint density at radius 3 is 2.33 bits per heavy atom. The van der Waals surface area contributed by atoms with Crippen LogP contribution in [0.3, 0.4) is 0 Å². The third kappa shape index (κ3) is 2.33. The topological polar surface area (TPSA) is 0 Å². The predicted octanol–water partition coefficient (Wildman–Crippen LogP) is 2.92. The van der Waals surface area contributed by atoms with E-state index < -0.39 is 5.67 Å². The van der Waals surface area contributed by atoms with E-state index in [9.17, 15) is 4.39 Å². The highest BCUT2D eigenvalue weighted by Crippen LogP contribution is 2.44. The zero-order chi connectivity index (χ0) is 6.91. The molecule has 9 heavy (non-hydrogen) atoms. The zero-order valence-electron chi connectivity index (χ0n) is 6.28. The molecule has 0 saturated heterocycles. The third-order valence-electron chi connectivity index (χ3n) is 1.96. The van der Waals surface area contributed by atoms with Gasteiger partial charge in [-0.05, 0) is 31.6 Å². The normalized spacial score (nSPS) is 22.7. The van der Waals surface area contributed by atoms with Gasteiger partial charge in [0.05, 0.1) is 0 Å². The molecule has 1 saturated carbocycles. The van der Waals surface area contributed by atoms with Crippen LogP contribution in [0.25, 0.3) is 0 Å². The summed E-state index contributed by atoms with van der Waals surface area (Å²) in [7, 11) is 0. The Morgan fingerprint density at radius 2 is 2.00 bits per heavy atom. The first-order valence-corrected chi connectivity index (χ1v) is 3.81. The highest BCUT2D eigenvalue weighted by atomic mass is 19.1. The third-order valence-corrected chi connectivity index (χ3v) is 1.96. The minimum atomic E-state index is -0.718. The van der Waals surface area contributed by atoms with E-state index in [0.717, 1.165) is 25.7 Å². The number of hydrogen-bond donors (Lipinski definition) is 0. The maximum Gasteiger partial charge on any atom is 0.111 e. The Hall–Kier alpha value is -0.0700. The van der Waals surface area contributed by atoms with Crippen molar-refractivity contribution in [2.24, 2.45) is 5.92 Å². The summed E-state index contributed by atoms with van der Waals surface area (Å²) in [6, 6.07) is 0. The van der Waals surface area contributed by atoms with Crippen LogP contribution in [0.4, 0.5) is 4.39 Å². The maximum absolute atomic E-state index is 12.9. The van der Waals surface area contributed by atoms with Gasteiger partial charge in [0.15, 0.2) is 0 Å². The van der Waals surface area contributed by atoms with Gasteiger partial charge in [-0.25, -0.2) is 4.39 Å². The molecule has 1 fully saturated rings. The smallest absolute Gasteiger partial charge is 0.111 e. The molecule has 0 heterocycles. The highest BCUT2D eigenvalue weighted by molar-refractivity contribution is 4.93. The Balaban J connectivity index is 2.05. The molecule has 0 aromatic rings. The lowest BCUT2D eigenvalue weighted by molar-refractivity contribution is 0.271. The largest absolute Gasteiger partial charge is 0.244 e. The van der Waals surface area contributed by atoms with Gasteiger partial charge in [-0.15, -0.1) is 0 Å². The second-order valence-electron chi connectivity index (χ2n) is 3.58. The van der Waals surface area contributed by atoms with E-state index in [1.54, 1.807) is 0 Å². The monoisotopic (exact) mass is 130 g/mol. The van der Waals surface area contributed by atoms with Crippen molar-refractivity contribution < 1.29 is 4.39 Å². The first kappa shape index (κ1) is 7.04. The standard InChI is InChI=1S/C8H15F/c1-7(2)3-4-8(9)5-6-8/h7H,3-6H2,1-2H3. The first-order valence-electron chi connectivity index (χ1n) is 3.81. The lowest BCUT2D eigenvalue weighted by Crippen LogP contribution is -2.00. The Bertz CT molecular complexity index is 92.7. The maximum atomic E-state index is 12.9. The average molecular weight is 130 g/mol. The van der Waals surface area contributed by atoms with Crippen molar-refractivity contribution in [1.82, 2.24) is 0 Å². The summed E-state index contributed by atoms with van der Waals surface area (Å²) in [6.07, 6.45) is 3.49. The molecule has 0 N–H and O–H groups in total. The van der Waals surface area contributed by atoms with E-state index >= 15 is 0 Å². The van der Waals surface area contributed by atoms with E-state index in [4.69, 9.17) is 0 Å². The Kier molecular flexibility index (Phi) is 1.78. The molecule has 54 valence electrons. The van der Waals surface area contributed by atoms with Gasteiger partial charge in [-0.2, -0.15) is 0 Å². The van der Waals surface area contributed by atoms with E-state index in [0.29, 0.717) is 5.92 Å². The molecule has 1 heteroatoms. The van der Waals surface area contributed by atoms with Gasteiger partial charge < -0.3 is 0 Å². The highest BCUT2D eigenvalue weighted by Gasteiger charge is 2.42. The molecule has 0 aromatic heterocycles. The van der Waals surface area contributed by atoms with Crippen LogP contribution in [0.1, 0.15) is 39.5 Å². The molecular weight excluding hydrogens is 115 g/mol. The van der Waals surface area contributed by atoms with Crippen LogP contribution in [0, 0.1) is 5.92 Å². The molecular formula is C8H15F. The van der Waals surface area contributed by atoms with Gasteiger partial charge in [0.1, 0.15) is 5.67 Å². The molecule has 0 unspecified atom stereocenters. The summed E-state index contributed by atoms with van der Waals surface area (Å²) in [5.74, 6) is 0.665. The SMILES string of the molecule is CC(C)CCC1(F)CC1. The van der Waals surface area contributed by atoms with Gasteiger partial charge in [0.25, 0.3) is 0 Å². The minimum absolute atomic E-state index is 0.665. The van der Waals surface area contributed by atoms with Crippen molar-refractivity contribution in [3.8, 4) is 0 Å². The fourth-order valence-corrected chi connectivity index (χ4v) is 0.933. The van der Waals surface area contributed by atoms with E-state index in [2.05, 4.69) is 13.8 Å². The summed E-state index contributed by atoms with van der Waals surface area (Å²) < 4.78 is 12.9. The molecule has 0 bridgehead atoms. The van der Waals surface area contributed by atoms with E-state index in [1.165, 1.54) is 0 Å². The Labute approximate surface area is 56.5 Å². The summed E-state index contributed by atoms with van der Waals surface area (Å²) in [5, 5.41) is 0. The number of rotatable bonds is 3. The minimum Gasteiger partial charge on any atom is -0.244 e. The van der Waals surface area contributed by atoms with Crippen LogP contribution in [-0.2, 0) is 0 Å². The van der Waals surface area contributed by atoms with Crippen LogP contribution >= 0.6 is 0 Å². The van der Waals surface area contributed by atoms with Crippen LogP contribution in [0.15, 0.2) is 0 Å². The molecule has 0 spiro atoms. The van der Waals surface area contributed by atoms with Gasteiger partial charge >= 0.3 is 0 Å². The molecule has 0 aromatic carbocycles. The summed E-state index contributed by atoms with van der Waals surface area (Å²) in [6.45, 7) is 4.29. The predicted molar refractivity (Wildman–Crippen MR) is 37.1 cm³/mol. The van der Waals surface area contributed by atoms with Gasteiger partial charge in [0.2, 0.25) is 0 Å². The van der Waals surface area contributed by atoms with Crippen LogP contribution in [0.2, 0.25) is 0 Å². The molecule has 0 atom stereocenters. The van der Waals surface area contributed by atoms with Gasteiger partial charge in [-0.1, -0.05) is 13.8 Å². The first-order chi connectivity index (χ1) is 4.12. The van der Waals surface area contributed by atoms with Crippen molar-refractivity contribution in [2.45, 2.75) is 45.2 Å². The fourth-order valence-electron chi connectivity index (χ4n) is 0.933. The second kappa shape index (κ2) is 2.28. The molecule has 1 aliphatic carbocycles. The van der Waals surface area contributed by atoms with Crippen molar-refractivity contribution in [3.63, 3.8) is 0 Å². The summed E-state index contributed by atoms with van der Waals surface area (Å²) in [5.41, 5.74) is -0.718. The molecule has 1 rings (SSSR count). The van der Waals surface area contributed by atoms with Crippen molar-refractivity contribution in [1.29, 1.82) is 0 Å². The molecule has 0 aliphatic heterocycles. The Morgan fingerprint density at radius 1 is 1.44 bits per heavy atom. The lowest BCUT2D eigenvalue weighted by Gasteiger charge is -2.05. The molecule has 0 radical (unpaired) electrons. The number of hydrogen-bond acceptors (Lipinski definition) is 0. The van der Waals surface area contributed by atoms with Crippen LogP contribution in [0.5, 0.6) is 0 Å². The quantitative estimate of drug-likeness (QED) is 0.551. The molecule has 1 aliphatic rings. The van der Waals surface area contributed by atoms with E-state index in [1.807, 2.05) is 0 Å². The van der Waals surface area contributed by atoms with E-state index in [-0.39, 0.29) is 0 Å².